The van der Waals surface area contributed by atoms with Gasteiger partial charge in [-0.15, -0.1) is 0 Å². The van der Waals surface area contributed by atoms with E-state index in [4.69, 9.17) is 0 Å². The number of rotatable bonds is 5. The summed E-state index contributed by atoms with van der Waals surface area (Å²) < 4.78 is 0. The first-order valence-electron chi connectivity index (χ1n) is 7.01. The maximum absolute atomic E-state index is 11.8. The number of likely N-dealkylation sites (tertiary alicyclic amines) is 1. The molecule has 1 unspecified atom stereocenters. The predicted octanol–water partition coefficient (Wildman–Crippen LogP) is 0.101. The van der Waals surface area contributed by atoms with Crippen LogP contribution in [-0.2, 0) is 9.59 Å². The van der Waals surface area contributed by atoms with Gasteiger partial charge >= 0.3 is 0 Å². The van der Waals surface area contributed by atoms with E-state index < -0.39 is 0 Å². The fraction of sp³-hybridized carbons (Fsp3) is 0.769. The highest BCUT2D eigenvalue weighted by atomic mass is 16.2. The van der Waals surface area contributed by atoms with Gasteiger partial charge in [-0.25, -0.2) is 5.43 Å². The average molecular weight is 266 g/mol. The highest BCUT2D eigenvalue weighted by Gasteiger charge is 2.19. The molecule has 0 aromatic heterocycles. The fourth-order valence-corrected chi connectivity index (χ4v) is 2.48. The predicted molar refractivity (Wildman–Crippen MR) is 72.7 cm³/mol. The zero-order chi connectivity index (χ0) is 13.7. The minimum Gasteiger partial charge on any atom is -0.351 e. The van der Waals surface area contributed by atoms with Crippen LogP contribution in [0.25, 0.3) is 0 Å². The van der Waals surface area contributed by atoms with Crippen molar-refractivity contribution in [3.63, 3.8) is 0 Å². The SMILES string of the molecule is CC(CNC(=O)C1=NNC(=O)CC1)CN1CCCC1. The molecular formula is C13H22N4O2. The van der Waals surface area contributed by atoms with Crippen molar-refractivity contribution in [2.75, 3.05) is 26.2 Å². The summed E-state index contributed by atoms with van der Waals surface area (Å²) in [5.74, 6) is 0.146. The summed E-state index contributed by atoms with van der Waals surface area (Å²) in [6, 6.07) is 0. The van der Waals surface area contributed by atoms with Crippen molar-refractivity contribution in [1.82, 2.24) is 15.6 Å². The van der Waals surface area contributed by atoms with Crippen LogP contribution in [0, 0.1) is 5.92 Å². The fourth-order valence-electron chi connectivity index (χ4n) is 2.48. The lowest BCUT2D eigenvalue weighted by molar-refractivity contribution is -0.121. The largest absolute Gasteiger partial charge is 0.351 e. The highest BCUT2D eigenvalue weighted by molar-refractivity contribution is 6.39. The van der Waals surface area contributed by atoms with Crippen LogP contribution in [0.5, 0.6) is 0 Å². The Morgan fingerprint density at radius 3 is 2.79 bits per heavy atom. The van der Waals surface area contributed by atoms with Crippen LogP contribution in [0.1, 0.15) is 32.6 Å². The molecule has 0 saturated carbocycles. The van der Waals surface area contributed by atoms with Crippen LogP contribution >= 0.6 is 0 Å². The van der Waals surface area contributed by atoms with Crippen LogP contribution in [0.4, 0.5) is 0 Å². The first kappa shape index (κ1) is 14.0. The van der Waals surface area contributed by atoms with Gasteiger partial charge in [-0.1, -0.05) is 6.92 Å². The number of carbonyl (C=O) groups is 2. The molecule has 2 heterocycles. The van der Waals surface area contributed by atoms with Gasteiger partial charge in [0.25, 0.3) is 5.91 Å². The molecule has 0 aromatic rings. The molecule has 6 heteroatoms. The Labute approximate surface area is 113 Å². The number of carbonyl (C=O) groups excluding carboxylic acids is 2. The molecule has 2 aliphatic rings. The Hall–Kier alpha value is -1.43. The topological polar surface area (TPSA) is 73.8 Å². The van der Waals surface area contributed by atoms with Gasteiger partial charge < -0.3 is 10.2 Å². The molecule has 2 rings (SSSR count). The number of amides is 2. The number of hydrogen-bond donors (Lipinski definition) is 2. The van der Waals surface area contributed by atoms with E-state index in [0.717, 1.165) is 6.54 Å². The number of nitrogens with zero attached hydrogens (tertiary/aromatic N) is 2. The molecule has 6 nitrogen and oxygen atoms in total. The number of nitrogens with one attached hydrogen (secondary N) is 2. The highest BCUT2D eigenvalue weighted by Crippen LogP contribution is 2.09. The van der Waals surface area contributed by atoms with Crippen molar-refractivity contribution in [3.8, 4) is 0 Å². The third kappa shape index (κ3) is 4.31. The van der Waals surface area contributed by atoms with Gasteiger partial charge in [-0.05, 0) is 31.8 Å². The van der Waals surface area contributed by atoms with Gasteiger partial charge in [0, 0.05) is 25.9 Å². The van der Waals surface area contributed by atoms with Crippen molar-refractivity contribution >= 4 is 17.5 Å². The second-order valence-corrected chi connectivity index (χ2v) is 5.42. The van der Waals surface area contributed by atoms with Crippen molar-refractivity contribution in [2.45, 2.75) is 32.6 Å². The van der Waals surface area contributed by atoms with E-state index in [9.17, 15) is 9.59 Å². The van der Waals surface area contributed by atoms with Crippen LogP contribution in [0.3, 0.4) is 0 Å². The molecule has 0 radical (unpaired) electrons. The van der Waals surface area contributed by atoms with E-state index in [0.29, 0.717) is 31.0 Å². The second kappa shape index (κ2) is 6.65. The number of hydrazone groups is 1. The standard InChI is InChI=1S/C13H22N4O2/c1-10(9-17-6-2-3-7-17)8-14-13(19)11-4-5-12(18)16-15-11/h10H,2-9H2,1H3,(H,14,19)(H,16,18). The lowest BCUT2D eigenvalue weighted by Crippen LogP contribution is -2.40. The van der Waals surface area contributed by atoms with E-state index in [2.05, 4.69) is 27.7 Å². The van der Waals surface area contributed by atoms with Crippen molar-refractivity contribution in [1.29, 1.82) is 0 Å². The van der Waals surface area contributed by atoms with Gasteiger partial charge in [-0.3, -0.25) is 9.59 Å². The summed E-state index contributed by atoms with van der Waals surface area (Å²) in [5.41, 5.74) is 2.76. The quantitative estimate of drug-likeness (QED) is 0.741. The van der Waals surface area contributed by atoms with Gasteiger partial charge in [0.2, 0.25) is 5.91 Å². The molecule has 2 N–H and O–H groups in total. The molecule has 1 saturated heterocycles. The normalized spacial score (nSPS) is 21.7. The first-order chi connectivity index (χ1) is 9.15. The average Bonchev–Trinajstić information content (AvgIpc) is 2.89. The molecule has 1 fully saturated rings. The van der Waals surface area contributed by atoms with Crippen LogP contribution < -0.4 is 10.7 Å². The Morgan fingerprint density at radius 1 is 1.42 bits per heavy atom. The van der Waals surface area contributed by atoms with Crippen molar-refractivity contribution < 1.29 is 9.59 Å². The minimum atomic E-state index is -0.159. The van der Waals surface area contributed by atoms with E-state index in [1.54, 1.807) is 0 Å². The summed E-state index contributed by atoms with van der Waals surface area (Å²) in [5, 5.41) is 6.68. The second-order valence-electron chi connectivity index (χ2n) is 5.42. The molecule has 2 aliphatic heterocycles. The van der Waals surface area contributed by atoms with Crippen LogP contribution in [0.15, 0.2) is 5.10 Å². The van der Waals surface area contributed by atoms with E-state index in [-0.39, 0.29) is 11.8 Å². The molecule has 0 aliphatic carbocycles. The van der Waals surface area contributed by atoms with E-state index in [1.807, 2.05) is 0 Å². The smallest absolute Gasteiger partial charge is 0.267 e. The van der Waals surface area contributed by atoms with Crippen LogP contribution in [0.2, 0.25) is 0 Å². The summed E-state index contributed by atoms with van der Waals surface area (Å²) in [6.07, 6.45) is 3.35. The molecule has 106 valence electrons. The molecule has 19 heavy (non-hydrogen) atoms. The minimum absolute atomic E-state index is 0.126. The van der Waals surface area contributed by atoms with E-state index in [1.165, 1.54) is 25.9 Å². The van der Waals surface area contributed by atoms with Gasteiger partial charge in [0.15, 0.2) is 0 Å². The summed E-state index contributed by atoms with van der Waals surface area (Å²) >= 11 is 0. The van der Waals surface area contributed by atoms with Gasteiger partial charge in [0.1, 0.15) is 5.71 Å². The molecule has 0 bridgehead atoms. The maximum Gasteiger partial charge on any atom is 0.267 e. The Morgan fingerprint density at radius 2 is 2.16 bits per heavy atom. The maximum atomic E-state index is 11.8. The van der Waals surface area contributed by atoms with Crippen molar-refractivity contribution in [2.24, 2.45) is 11.0 Å². The monoisotopic (exact) mass is 266 g/mol. The summed E-state index contributed by atoms with van der Waals surface area (Å²) in [4.78, 5) is 25.2. The third-order valence-corrected chi connectivity index (χ3v) is 3.55. The summed E-state index contributed by atoms with van der Waals surface area (Å²) in [7, 11) is 0. The molecule has 0 aromatic carbocycles. The Bertz CT molecular complexity index is 375. The van der Waals surface area contributed by atoms with E-state index >= 15 is 0 Å². The lowest BCUT2D eigenvalue weighted by atomic mass is 10.1. The molecular weight excluding hydrogens is 244 g/mol. The summed E-state index contributed by atoms with van der Waals surface area (Å²) in [6.45, 7) is 6.18. The molecule has 0 spiro atoms. The molecule has 2 amide bonds. The van der Waals surface area contributed by atoms with Gasteiger partial charge in [0.05, 0.1) is 0 Å². The number of hydrogen-bond acceptors (Lipinski definition) is 4. The zero-order valence-corrected chi connectivity index (χ0v) is 11.4. The van der Waals surface area contributed by atoms with Crippen molar-refractivity contribution in [3.05, 3.63) is 0 Å². The Kier molecular flexibility index (Phi) is 4.90. The first-order valence-corrected chi connectivity index (χ1v) is 7.01. The molecule has 1 atom stereocenters. The zero-order valence-electron chi connectivity index (χ0n) is 11.4. The lowest BCUT2D eigenvalue weighted by Gasteiger charge is -2.20. The van der Waals surface area contributed by atoms with Crippen LogP contribution in [-0.4, -0.2) is 48.6 Å². The third-order valence-electron chi connectivity index (χ3n) is 3.55. The van der Waals surface area contributed by atoms with Gasteiger partial charge in [-0.2, -0.15) is 5.10 Å². The Balaban J connectivity index is 1.69.